The monoisotopic (exact) mass is 296 g/mol. The van der Waals surface area contributed by atoms with Gasteiger partial charge in [0.25, 0.3) is 5.91 Å². The molecule has 1 aliphatic rings. The van der Waals surface area contributed by atoms with Crippen LogP contribution in [0.1, 0.15) is 36.0 Å². The predicted molar refractivity (Wildman–Crippen MR) is 73.6 cm³/mol. The average Bonchev–Trinajstić information content (AvgIpc) is 2.48. The Kier molecular flexibility index (Phi) is 5.21. The first-order valence-electron chi connectivity index (χ1n) is 6.91. The first-order chi connectivity index (χ1) is 10.1. The van der Waals surface area contributed by atoms with Gasteiger partial charge in [0.2, 0.25) is 5.82 Å². The summed E-state index contributed by atoms with van der Waals surface area (Å²) in [5, 5.41) is 13.3. The number of rotatable bonds is 5. The van der Waals surface area contributed by atoms with Crippen molar-refractivity contribution in [2.24, 2.45) is 0 Å². The van der Waals surface area contributed by atoms with Crippen molar-refractivity contribution in [1.82, 2.24) is 5.32 Å². The van der Waals surface area contributed by atoms with Gasteiger partial charge in [0.05, 0.1) is 11.0 Å². The van der Waals surface area contributed by atoms with Crippen molar-refractivity contribution in [1.29, 1.82) is 0 Å². The molecule has 1 aromatic carbocycles. The lowest BCUT2D eigenvalue weighted by Gasteiger charge is -2.22. The zero-order chi connectivity index (χ0) is 15.2. The van der Waals surface area contributed by atoms with Crippen LogP contribution in [0.3, 0.4) is 0 Å². The van der Waals surface area contributed by atoms with Crippen molar-refractivity contribution >= 4 is 11.6 Å². The van der Waals surface area contributed by atoms with Crippen LogP contribution in [-0.2, 0) is 4.74 Å². The molecule has 1 saturated heterocycles. The number of nitrogens with zero attached hydrogens (tertiary/aromatic N) is 1. The highest BCUT2D eigenvalue weighted by atomic mass is 19.1. The van der Waals surface area contributed by atoms with Crippen molar-refractivity contribution < 1.29 is 18.8 Å². The molecule has 0 spiro atoms. The third-order valence-electron chi connectivity index (χ3n) is 3.43. The first-order valence-corrected chi connectivity index (χ1v) is 6.91. The summed E-state index contributed by atoms with van der Waals surface area (Å²) in [5.74, 6) is -1.40. The summed E-state index contributed by atoms with van der Waals surface area (Å²) in [7, 11) is 0. The lowest BCUT2D eigenvalue weighted by Crippen LogP contribution is -2.29. The molecule has 0 saturated carbocycles. The number of nitro benzene ring substituents is 1. The van der Waals surface area contributed by atoms with Crippen LogP contribution < -0.4 is 5.32 Å². The van der Waals surface area contributed by atoms with Gasteiger partial charge >= 0.3 is 5.69 Å². The molecule has 2 rings (SSSR count). The number of ether oxygens (including phenoxy) is 1. The second kappa shape index (κ2) is 7.12. The fraction of sp³-hybridized carbons (Fsp3) is 0.500. The highest BCUT2D eigenvalue weighted by molar-refractivity contribution is 5.94. The Bertz CT molecular complexity index is 530. The van der Waals surface area contributed by atoms with Crippen molar-refractivity contribution in [3.05, 3.63) is 39.7 Å². The summed E-state index contributed by atoms with van der Waals surface area (Å²) >= 11 is 0. The Morgan fingerprint density at radius 2 is 2.29 bits per heavy atom. The van der Waals surface area contributed by atoms with Crippen LogP contribution >= 0.6 is 0 Å². The molecule has 114 valence electrons. The molecule has 1 aliphatic heterocycles. The van der Waals surface area contributed by atoms with Crippen molar-refractivity contribution in [2.45, 2.75) is 31.8 Å². The van der Waals surface area contributed by atoms with Gasteiger partial charge in [-0.1, -0.05) is 0 Å². The molecule has 0 aromatic heterocycles. The van der Waals surface area contributed by atoms with Crippen LogP contribution in [0.5, 0.6) is 0 Å². The predicted octanol–water partition coefficient (Wildman–Crippen LogP) is 2.42. The van der Waals surface area contributed by atoms with E-state index in [1.165, 1.54) is 6.07 Å². The summed E-state index contributed by atoms with van der Waals surface area (Å²) in [6.45, 7) is 1.18. The van der Waals surface area contributed by atoms with Gasteiger partial charge in [0.1, 0.15) is 0 Å². The zero-order valence-corrected chi connectivity index (χ0v) is 11.5. The Hall–Kier alpha value is -2.02. The minimum atomic E-state index is -0.952. The number of carbonyl (C=O) groups excluding carboxylic acids is 1. The lowest BCUT2D eigenvalue weighted by atomic mass is 10.1. The molecule has 1 aromatic rings. The smallest absolute Gasteiger partial charge is 0.305 e. The Morgan fingerprint density at radius 1 is 1.48 bits per heavy atom. The molecular weight excluding hydrogens is 279 g/mol. The zero-order valence-electron chi connectivity index (χ0n) is 11.5. The highest BCUT2D eigenvalue weighted by Crippen LogP contribution is 2.18. The maximum Gasteiger partial charge on any atom is 0.305 e. The van der Waals surface area contributed by atoms with E-state index in [2.05, 4.69) is 5.32 Å². The molecule has 0 aliphatic carbocycles. The van der Waals surface area contributed by atoms with Crippen LogP contribution in [0.15, 0.2) is 18.2 Å². The number of amides is 1. The molecule has 0 radical (unpaired) electrons. The van der Waals surface area contributed by atoms with Crippen LogP contribution in [0, 0.1) is 15.9 Å². The molecule has 1 unspecified atom stereocenters. The summed E-state index contributed by atoms with van der Waals surface area (Å²) < 4.78 is 18.7. The molecule has 21 heavy (non-hydrogen) atoms. The van der Waals surface area contributed by atoms with Crippen LogP contribution in [0.4, 0.5) is 10.1 Å². The van der Waals surface area contributed by atoms with E-state index in [1.54, 1.807) is 0 Å². The highest BCUT2D eigenvalue weighted by Gasteiger charge is 2.18. The summed E-state index contributed by atoms with van der Waals surface area (Å²) in [4.78, 5) is 21.7. The molecule has 7 heteroatoms. The molecule has 1 N–H and O–H groups in total. The van der Waals surface area contributed by atoms with Crippen molar-refractivity contribution in [3.63, 3.8) is 0 Å². The normalized spacial score (nSPS) is 18.2. The number of halogens is 1. The minimum Gasteiger partial charge on any atom is -0.378 e. The van der Waals surface area contributed by atoms with Gasteiger partial charge in [0, 0.05) is 24.8 Å². The maximum absolute atomic E-state index is 13.2. The molecule has 1 atom stereocenters. The molecule has 1 fully saturated rings. The third kappa shape index (κ3) is 4.22. The van der Waals surface area contributed by atoms with Crippen molar-refractivity contribution in [2.75, 3.05) is 13.2 Å². The van der Waals surface area contributed by atoms with E-state index in [4.69, 9.17) is 4.74 Å². The summed E-state index contributed by atoms with van der Waals surface area (Å²) in [6.07, 6.45) is 4.04. The Morgan fingerprint density at radius 3 is 2.95 bits per heavy atom. The fourth-order valence-electron chi connectivity index (χ4n) is 2.28. The number of nitrogens with one attached hydrogen (secondary N) is 1. The quantitative estimate of drug-likeness (QED) is 0.668. The average molecular weight is 296 g/mol. The summed E-state index contributed by atoms with van der Waals surface area (Å²) in [6, 6.07) is 3.11. The number of benzene rings is 1. The minimum absolute atomic E-state index is 0.0765. The number of hydrogen-bond acceptors (Lipinski definition) is 4. The lowest BCUT2D eigenvalue weighted by molar-refractivity contribution is -0.387. The van der Waals surface area contributed by atoms with E-state index in [0.29, 0.717) is 13.0 Å². The topological polar surface area (TPSA) is 81.5 Å². The van der Waals surface area contributed by atoms with E-state index in [9.17, 15) is 19.3 Å². The van der Waals surface area contributed by atoms with Gasteiger partial charge in [-0.05, 0) is 37.8 Å². The first kappa shape index (κ1) is 15.4. The van der Waals surface area contributed by atoms with Crippen LogP contribution in [0.25, 0.3) is 0 Å². The third-order valence-corrected chi connectivity index (χ3v) is 3.43. The van der Waals surface area contributed by atoms with E-state index in [0.717, 1.165) is 38.0 Å². The summed E-state index contributed by atoms with van der Waals surface area (Å²) in [5.41, 5.74) is -0.620. The van der Waals surface area contributed by atoms with E-state index in [1.807, 2.05) is 0 Å². The molecule has 6 nitrogen and oxygen atoms in total. The largest absolute Gasteiger partial charge is 0.378 e. The van der Waals surface area contributed by atoms with Gasteiger partial charge in [-0.15, -0.1) is 0 Å². The molecule has 1 heterocycles. The van der Waals surface area contributed by atoms with Gasteiger partial charge < -0.3 is 10.1 Å². The van der Waals surface area contributed by atoms with Gasteiger partial charge in [0.15, 0.2) is 0 Å². The number of hydrogen-bond donors (Lipinski definition) is 1. The van der Waals surface area contributed by atoms with E-state index >= 15 is 0 Å². The number of carbonyl (C=O) groups is 1. The van der Waals surface area contributed by atoms with Gasteiger partial charge in [-0.25, -0.2) is 0 Å². The van der Waals surface area contributed by atoms with Gasteiger partial charge in [-0.3, -0.25) is 14.9 Å². The molecule has 0 bridgehead atoms. The van der Waals surface area contributed by atoms with Crippen molar-refractivity contribution in [3.8, 4) is 0 Å². The van der Waals surface area contributed by atoms with Crippen LogP contribution in [-0.4, -0.2) is 30.1 Å². The fourth-order valence-corrected chi connectivity index (χ4v) is 2.28. The molecular formula is C14H17FN2O4. The standard InChI is InChI=1S/C14H17FN2O4/c15-12-5-4-10(9-13(12)17(19)20)14(18)16-7-6-11-3-1-2-8-21-11/h4-5,9,11H,1-3,6-8H2,(H,16,18). The number of nitro groups is 1. The van der Waals surface area contributed by atoms with E-state index < -0.39 is 22.3 Å². The second-order valence-electron chi connectivity index (χ2n) is 4.96. The Labute approximate surface area is 121 Å². The SMILES string of the molecule is O=C(NCCC1CCCCO1)c1ccc(F)c([N+](=O)[O-])c1. The molecule has 1 amide bonds. The van der Waals surface area contributed by atoms with E-state index in [-0.39, 0.29) is 11.7 Å². The maximum atomic E-state index is 13.2. The van der Waals surface area contributed by atoms with Crippen LogP contribution in [0.2, 0.25) is 0 Å². The second-order valence-corrected chi connectivity index (χ2v) is 4.96. The van der Waals surface area contributed by atoms with Gasteiger partial charge in [-0.2, -0.15) is 4.39 Å². The Balaban J connectivity index is 1.88.